The fraction of sp³-hybridized carbons (Fsp3) is 0.385. The Morgan fingerprint density at radius 3 is 2.94 bits per heavy atom. The van der Waals surface area contributed by atoms with Crippen molar-refractivity contribution in [3.05, 3.63) is 42.0 Å². The van der Waals surface area contributed by atoms with Crippen molar-refractivity contribution in [3.8, 4) is 5.75 Å². The zero-order chi connectivity index (χ0) is 12.8. The molecular formula is C13H18N4O. The van der Waals surface area contributed by atoms with Crippen molar-refractivity contribution >= 4 is 0 Å². The summed E-state index contributed by atoms with van der Waals surface area (Å²) in [5.74, 6) is 1.88. The van der Waals surface area contributed by atoms with Crippen LogP contribution in [0.3, 0.4) is 0 Å². The van der Waals surface area contributed by atoms with E-state index < -0.39 is 0 Å². The fourth-order valence-electron chi connectivity index (χ4n) is 1.91. The van der Waals surface area contributed by atoms with Crippen molar-refractivity contribution in [2.45, 2.75) is 19.5 Å². The molecule has 5 nitrogen and oxygen atoms in total. The molecule has 0 saturated carbocycles. The molecule has 0 aliphatic rings. The molecule has 0 aliphatic heterocycles. The first-order valence-electron chi connectivity index (χ1n) is 5.98. The highest BCUT2D eigenvalue weighted by atomic mass is 16.5. The molecule has 0 spiro atoms. The summed E-state index contributed by atoms with van der Waals surface area (Å²) in [6.45, 7) is 1.58. The summed E-state index contributed by atoms with van der Waals surface area (Å²) >= 11 is 0. The Hall–Kier alpha value is -1.88. The van der Waals surface area contributed by atoms with Gasteiger partial charge < -0.3 is 14.6 Å². The Balaban J connectivity index is 2.04. The molecular weight excluding hydrogens is 228 g/mol. The van der Waals surface area contributed by atoms with E-state index in [-0.39, 0.29) is 0 Å². The number of ether oxygens (including phenoxy) is 1. The molecule has 2 rings (SSSR count). The molecule has 0 unspecified atom stereocenters. The van der Waals surface area contributed by atoms with Gasteiger partial charge in [0.2, 0.25) is 0 Å². The molecule has 0 aliphatic carbocycles. The van der Waals surface area contributed by atoms with Crippen LogP contribution in [0.2, 0.25) is 0 Å². The first kappa shape index (κ1) is 12.6. The highest BCUT2D eigenvalue weighted by Crippen LogP contribution is 2.18. The Labute approximate surface area is 107 Å². The van der Waals surface area contributed by atoms with E-state index in [0.717, 1.165) is 31.1 Å². The Morgan fingerprint density at radius 2 is 2.17 bits per heavy atom. The van der Waals surface area contributed by atoms with E-state index in [0.29, 0.717) is 0 Å². The van der Waals surface area contributed by atoms with Gasteiger partial charge in [0.1, 0.15) is 17.9 Å². The Kier molecular flexibility index (Phi) is 4.30. The zero-order valence-corrected chi connectivity index (χ0v) is 10.8. The molecule has 2 aromatic rings. The lowest BCUT2D eigenvalue weighted by molar-refractivity contribution is 0.408. The standard InChI is InChI=1S/C13H18N4O/c1-14-9-13-16-15-10-17(13)8-7-11-5-3-4-6-12(11)18-2/h3-6,10,14H,7-9H2,1-2H3. The van der Waals surface area contributed by atoms with Crippen LogP contribution in [0.4, 0.5) is 0 Å². The van der Waals surface area contributed by atoms with E-state index >= 15 is 0 Å². The maximum Gasteiger partial charge on any atom is 0.146 e. The number of aryl methyl sites for hydroxylation is 2. The lowest BCUT2D eigenvalue weighted by atomic mass is 10.1. The average Bonchev–Trinajstić information content (AvgIpc) is 2.84. The number of aromatic nitrogens is 3. The van der Waals surface area contributed by atoms with Gasteiger partial charge in [0.05, 0.1) is 13.7 Å². The number of rotatable bonds is 6. The van der Waals surface area contributed by atoms with Gasteiger partial charge in [0, 0.05) is 6.54 Å². The van der Waals surface area contributed by atoms with Crippen molar-refractivity contribution in [2.24, 2.45) is 0 Å². The van der Waals surface area contributed by atoms with Crippen LogP contribution in [-0.4, -0.2) is 28.9 Å². The van der Waals surface area contributed by atoms with Gasteiger partial charge in [-0.1, -0.05) is 18.2 Å². The second-order valence-electron chi connectivity index (χ2n) is 4.03. The van der Waals surface area contributed by atoms with Gasteiger partial charge in [-0.2, -0.15) is 0 Å². The summed E-state index contributed by atoms with van der Waals surface area (Å²) in [5.41, 5.74) is 1.20. The van der Waals surface area contributed by atoms with Crippen molar-refractivity contribution in [3.63, 3.8) is 0 Å². The minimum atomic E-state index is 0.728. The third kappa shape index (κ3) is 2.87. The van der Waals surface area contributed by atoms with Crippen LogP contribution < -0.4 is 10.1 Å². The number of hydrogen-bond donors (Lipinski definition) is 1. The summed E-state index contributed by atoms with van der Waals surface area (Å²) < 4.78 is 7.40. The lowest BCUT2D eigenvalue weighted by Gasteiger charge is -2.09. The number of methoxy groups -OCH3 is 1. The fourth-order valence-corrected chi connectivity index (χ4v) is 1.91. The second kappa shape index (κ2) is 6.16. The highest BCUT2D eigenvalue weighted by Gasteiger charge is 2.05. The topological polar surface area (TPSA) is 52.0 Å². The SMILES string of the molecule is CNCc1nncn1CCc1ccccc1OC. The van der Waals surface area contributed by atoms with Gasteiger partial charge in [-0.15, -0.1) is 10.2 Å². The molecule has 5 heteroatoms. The number of nitrogens with one attached hydrogen (secondary N) is 1. The van der Waals surface area contributed by atoms with Crippen molar-refractivity contribution in [2.75, 3.05) is 14.2 Å². The Morgan fingerprint density at radius 1 is 1.33 bits per heavy atom. The van der Waals surface area contributed by atoms with E-state index in [1.165, 1.54) is 5.56 Å². The lowest BCUT2D eigenvalue weighted by Crippen LogP contribution is -2.13. The average molecular weight is 246 g/mol. The maximum absolute atomic E-state index is 5.34. The highest BCUT2D eigenvalue weighted by molar-refractivity contribution is 5.33. The summed E-state index contributed by atoms with van der Waals surface area (Å²) in [5, 5.41) is 11.1. The van der Waals surface area contributed by atoms with Crippen LogP contribution in [0.1, 0.15) is 11.4 Å². The number of nitrogens with zero attached hydrogens (tertiary/aromatic N) is 3. The quantitative estimate of drug-likeness (QED) is 0.833. The summed E-state index contributed by atoms with van der Waals surface area (Å²) in [6, 6.07) is 8.07. The van der Waals surface area contributed by atoms with Crippen molar-refractivity contribution < 1.29 is 4.74 Å². The van der Waals surface area contributed by atoms with Gasteiger partial charge in [-0.3, -0.25) is 0 Å². The largest absolute Gasteiger partial charge is 0.496 e. The van der Waals surface area contributed by atoms with Crippen LogP contribution in [0.15, 0.2) is 30.6 Å². The molecule has 0 fully saturated rings. The number of benzene rings is 1. The van der Waals surface area contributed by atoms with Gasteiger partial charge in [0.25, 0.3) is 0 Å². The van der Waals surface area contributed by atoms with E-state index in [9.17, 15) is 0 Å². The minimum absolute atomic E-state index is 0.728. The maximum atomic E-state index is 5.34. The van der Waals surface area contributed by atoms with Crippen LogP contribution in [0.25, 0.3) is 0 Å². The molecule has 0 radical (unpaired) electrons. The van der Waals surface area contributed by atoms with Crippen molar-refractivity contribution in [1.29, 1.82) is 0 Å². The van der Waals surface area contributed by atoms with Gasteiger partial charge in [0.15, 0.2) is 0 Å². The van der Waals surface area contributed by atoms with Gasteiger partial charge in [-0.05, 0) is 25.1 Å². The molecule has 1 aromatic heterocycles. The van der Waals surface area contributed by atoms with E-state index in [4.69, 9.17) is 4.74 Å². The molecule has 1 aromatic carbocycles. The van der Waals surface area contributed by atoms with E-state index in [2.05, 4.69) is 26.1 Å². The van der Waals surface area contributed by atoms with Crippen LogP contribution >= 0.6 is 0 Å². The molecule has 0 saturated heterocycles. The second-order valence-corrected chi connectivity index (χ2v) is 4.03. The molecule has 1 heterocycles. The van der Waals surface area contributed by atoms with Gasteiger partial charge in [-0.25, -0.2) is 0 Å². The molecule has 1 N–H and O–H groups in total. The first-order valence-corrected chi connectivity index (χ1v) is 5.98. The molecule has 18 heavy (non-hydrogen) atoms. The predicted octanol–water partition coefficient (Wildman–Crippen LogP) is 1.25. The third-order valence-corrected chi connectivity index (χ3v) is 2.85. The molecule has 96 valence electrons. The Bertz CT molecular complexity index is 495. The zero-order valence-electron chi connectivity index (χ0n) is 10.8. The van der Waals surface area contributed by atoms with Crippen LogP contribution in [0, 0.1) is 0 Å². The molecule has 0 atom stereocenters. The molecule has 0 bridgehead atoms. The first-order chi connectivity index (χ1) is 8.85. The summed E-state index contributed by atoms with van der Waals surface area (Å²) in [7, 11) is 3.60. The number of para-hydroxylation sites is 1. The van der Waals surface area contributed by atoms with Crippen LogP contribution in [-0.2, 0) is 19.5 Å². The molecule has 0 amide bonds. The monoisotopic (exact) mass is 246 g/mol. The van der Waals surface area contributed by atoms with Crippen LogP contribution in [0.5, 0.6) is 5.75 Å². The van der Waals surface area contributed by atoms with Crippen molar-refractivity contribution in [1.82, 2.24) is 20.1 Å². The minimum Gasteiger partial charge on any atom is -0.496 e. The summed E-state index contributed by atoms with van der Waals surface area (Å²) in [4.78, 5) is 0. The third-order valence-electron chi connectivity index (χ3n) is 2.85. The van der Waals surface area contributed by atoms with E-state index in [1.807, 2.05) is 25.2 Å². The predicted molar refractivity (Wildman–Crippen MR) is 69.5 cm³/mol. The summed E-state index contributed by atoms with van der Waals surface area (Å²) in [6.07, 6.45) is 2.67. The van der Waals surface area contributed by atoms with E-state index in [1.54, 1.807) is 13.4 Å². The van der Waals surface area contributed by atoms with Gasteiger partial charge >= 0.3 is 0 Å². The number of hydrogen-bond acceptors (Lipinski definition) is 4. The smallest absolute Gasteiger partial charge is 0.146 e. The normalized spacial score (nSPS) is 10.6.